The van der Waals surface area contributed by atoms with Gasteiger partial charge in [0.2, 0.25) is 0 Å². The van der Waals surface area contributed by atoms with Gasteiger partial charge in [-0.1, -0.05) is 6.07 Å². The lowest BCUT2D eigenvalue weighted by atomic mass is 10.1. The summed E-state index contributed by atoms with van der Waals surface area (Å²) in [6.45, 7) is 0. The minimum absolute atomic E-state index is 0.0890. The number of rotatable bonds is 2. The maximum Gasteiger partial charge on any atom is 0.350 e. The highest BCUT2D eigenvalue weighted by Gasteiger charge is 2.12. The number of carbonyl (C=O) groups is 2. The van der Waals surface area contributed by atoms with Crippen molar-refractivity contribution in [2.24, 2.45) is 0 Å². The van der Waals surface area contributed by atoms with Crippen LogP contribution in [0.15, 0.2) is 24.3 Å². The Bertz CT molecular complexity index is 640. The number of fused-ring (bicyclic) bond motifs is 1. The Balaban J connectivity index is 2.72. The minimum atomic E-state index is -1.67. The number of nitrogen functional groups attached to an aromatic ring is 1. The van der Waals surface area contributed by atoms with E-state index < -0.39 is 12.0 Å². The van der Waals surface area contributed by atoms with Crippen LogP contribution in [0.4, 0.5) is 10.1 Å². The summed E-state index contributed by atoms with van der Waals surface area (Å²) in [5.74, 6) is -1.21. The van der Waals surface area contributed by atoms with E-state index in [4.69, 9.17) is 10.8 Å². The molecular weight excluding hydrogens is 227 g/mol. The maximum atomic E-state index is 12.5. The van der Waals surface area contributed by atoms with E-state index in [-0.39, 0.29) is 22.5 Å². The quantitative estimate of drug-likeness (QED) is 0.608. The highest BCUT2D eigenvalue weighted by molar-refractivity contribution is 6.00. The molecule has 1 aromatic heterocycles. The van der Waals surface area contributed by atoms with Crippen LogP contribution in [0, 0.1) is 0 Å². The zero-order valence-electron chi connectivity index (χ0n) is 8.48. The molecule has 0 aliphatic rings. The first kappa shape index (κ1) is 11.0. The Morgan fingerprint density at radius 2 is 2.00 bits per heavy atom. The van der Waals surface area contributed by atoms with E-state index in [1.807, 2.05) is 0 Å². The van der Waals surface area contributed by atoms with Gasteiger partial charge in [-0.15, -0.1) is 0 Å². The van der Waals surface area contributed by atoms with Crippen molar-refractivity contribution >= 4 is 28.6 Å². The van der Waals surface area contributed by atoms with Crippen LogP contribution >= 0.6 is 0 Å². The van der Waals surface area contributed by atoms with Crippen molar-refractivity contribution in [2.75, 3.05) is 5.73 Å². The van der Waals surface area contributed by atoms with E-state index in [9.17, 15) is 14.0 Å². The number of nitrogens with zero attached hydrogens (tertiary/aromatic N) is 1. The zero-order chi connectivity index (χ0) is 12.6. The Labute approximate surface area is 94.7 Å². The lowest BCUT2D eigenvalue weighted by Crippen LogP contribution is -2.03. The van der Waals surface area contributed by atoms with Crippen molar-refractivity contribution < 1.29 is 19.1 Å². The third-order valence-corrected chi connectivity index (χ3v) is 2.29. The standard InChI is InChI=1S/C11H7FN2O3/c12-10(15)8-2-1-5-3-7(13)6(11(16)17)4-9(5)14-8/h1-4H,13H2,(H,16,17). The number of aromatic nitrogens is 1. The molecule has 1 heterocycles. The predicted molar refractivity (Wildman–Crippen MR) is 58.6 cm³/mol. The van der Waals surface area contributed by atoms with Gasteiger partial charge in [0.25, 0.3) is 0 Å². The van der Waals surface area contributed by atoms with Gasteiger partial charge in [0, 0.05) is 11.1 Å². The molecule has 0 saturated heterocycles. The van der Waals surface area contributed by atoms with Crippen molar-refractivity contribution in [3.63, 3.8) is 0 Å². The molecule has 2 aromatic rings. The molecule has 0 atom stereocenters. The van der Waals surface area contributed by atoms with Crippen LogP contribution in [0.5, 0.6) is 0 Å². The summed E-state index contributed by atoms with van der Waals surface area (Å²) in [6.07, 6.45) is 0. The Morgan fingerprint density at radius 3 is 2.59 bits per heavy atom. The van der Waals surface area contributed by atoms with E-state index in [0.717, 1.165) is 0 Å². The number of carboxylic acids is 1. The molecule has 17 heavy (non-hydrogen) atoms. The van der Waals surface area contributed by atoms with E-state index in [1.165, 1.54) is 24.3 Å². The van der Waals surface area contributed by atoms with Gasteiger partial charge in [0.1, 0.15) is 5.69 Å². The highest BCUT2D eigenvalue weighted by Crippen LogP contribution is 2.21. The zero-order valence-corrected chi connectivity index (χ0v) is 8.48. The number of anilines is 1. The molecule has 1 aromatic carbocycles. The van der Waals surface area contributed by atoms with Gasteiger partial charge >= 0.3 is 12.0 Å². The summed E-state index contributed by atoms with van der Waals surface area (Å²) in [4.78, 5) is 25.1. The molecule has 0 bridgehead atoms. The molecule has 2 rings (SSSR count). The molecule has 3 N–H and O–H groups in total. The van der Waals surface area contributed by atoms with Gasteiger partial charge in [0.05, 0.1) is 11.1 Å². The second-order valence-corrected chi connectivity index (χ2v) is 3.41. The smallest absolute Gasteiger partial charge is 0.350 e. The number of pyridine rings is 1. The summed E-state index contributed by atoms with van der Waals surface area (Å²) in [7, 11) is 0. The molecule has 0 spiro atoms. The number of nitrogens with two attached hydrogens (primary N) is 1. The number of aromatic carboxylic acids is 1. The SMILES string of the molecule is Nc1cc2ccc(C(=O)F)nc2cc1C(=O)O. The van der Waals surface area contributed by atoms with Gasteiger partial charge in [-0.3, -0.25) is 4.79 Å². The third kappa shape index (κ3) is 1.92. The molecule has 0 radical (unpaired) electrons. The van der Waals surface area contributed by atoms with Crippen LogP contribution in [0.3, 0.4) is 0 Å². The van der Waals surface area contributed by atoms with Crippen LogP contribution in [-0.2, 0) is 0 Å². The molecule has 0 saturated carbocycles. The number of carboxylic acid groups (broad SMARTS) is 1. The molecule has 86 valence electrons. The Hall–Kier alpha value is -2.50. The topological polar surface area (TPSA) is 93.3 Å². The molecule has 0 unspecified atom stereocenters. The normalized spacial score (nSPS) is 10.4. The van der Waals surface area contributed by atoms with Gasteiger partial charge in [0.15, 0.2) is 0 Å². The number of benzene rings is 1. The van der Waals surface area contributed by atoms with Gasteiger partial charge < -0.3 is 10.8 Å². The summed E-state index contributed by atoms with van der Waals surface area (Å²) < 4.78 is 12.5. The lowest BCUT2D eigenvalue weighted by molar-refractivity contribution is 0.0697. The maximum absolute atomic E-state index is 12.5. The molecule has 5 nitrogen and oxygen atoms in total. The van der Waals surface area contributed by atoms with Crippen molar-refractivity contribution in [3.05, 3.63) is 35.5 Å². The van der Waals surface area contributed by atoms with Gasteiger partial charge in [-0.25, -0.2) is 9.78 Å². The molecule has 0 amide bonds. The van der Waals surface area contributed by atoms with Crippen molar-refractivity contribution in [1.29, 1.82) is 0 Å². The highest BCUT2D eigenvalue weighted by atomic mass is 19.1. The fourth-order valence-corrected chi connectivity index (χ4v) is 1.48. The van der Waals surface area contributed by atoms with E-state index in [2.05, 4.69) is 4.98 Å². The summed E-state index contributed by atoms with van der Waals surface area (Å²) in [5.41, 5.74) is 5.34. The monoisotopic (exact) mass is 234 g/mol. The summed E-state index contributed by atoms with van der Waals surface area (Å²) in [5, 5.41) is 9.39. The molecule has 0 aliphatic carbocycles. The fraction of sp³-hybridized carbons (Fsp3) is 0. The summed E-state index contributed by atoms with van der Waals surface area (Å²) >= 11 is 0. The number of carbonyl (C=O) groups excluding carboxylic acids is 1. The van der Waals surface area contributed by atoms with Crippen molar-refractivity contribution in [3.8, 4) is 0 Å². The van der Waals surface area contributed by atoms with Gasteiger partial charge in [-0.05, 0) is 18.2 Å². The van der Waals surface area contributed by atoms with Crippen molar-refractivity contribution in [2.45, 2.75) is 0 Å². The summed E-state index contributed by atoms with van der Waals surface area (Å²) in [6, 6.07) is 3.62. The lowest BCUT2D eigenvalue weighted by Gasteiger charge is -2.04. The van der Waals surface area contributed by atoms with Crippen LogP contribution in [0.2, 0.25) is 0 Å². The number of hydrogen-bond acceptors (Lipinski definition) is 4. The second kappa shape index (κ2) is 3.82. The van der Waals surface area contributed by atoms with Crippen LogP contribution in [0.1, 0.15) is 20.8 Å². The number of halogens is 1. The van der Waals surface area contributed by atoms with E-state index in [1.54, 1.807) is 0 Å². The molecule has 0 aliphatic heterocycles. The first-order valence-corrected chi connectivity index (χ1v) is 4.62. The van der Waals surface area contributed by atoms with Gasteiger partial charge in [-0.2, -0.15) is 4.39 Å². The first-order chi connectivity index (χ1) is 7.99. The van der Waals surface area contributed by atoms with Crippen LogP contribution < -0.4 is 5.73 Å². The Kier molecular flexibility index (Phi) is 2.47. The van der Waals surface area contributed by atoms with E-state index in [0.29, 0.717) is 5.39 Å². The second-order valence-electron chi connectivity index (χ2n) is 3.41. The van der Waals surface area contributed by atoms with Crippen LogP contribution in [-0.4, -0.2) is 22.1 Å². The molecular formula is C11H7FN2O3. The average Bonchev–Trinajstić information content (AvgIpc) is 2.27. The fourth-order valence-electron chi connectivity index (χ4n) is 1.48. The number of hydrogen-bond donors (Lipinski definition) is 2. The minimum Gasteiger partial charge on any atom is -0.478 e. The molecule has 6 heteroatoms. The third-order valence-electron chi connectivity index (χ3n) is 2.29. The van der Waals surface area contributed by atoms with Crippen molar-refractivity contribution in [1.82, 2.24) is 4.98 Å². The molecule has 0 fully saturated rings. The largest absolute Gasteiger partial charge is 0.478 e. The average molecular weight is 234 g/mol. The predicted octanol–water partition coefficient (Wildman–Crippen LogP) is 1.62. The first-order valence-electron chi connectivity index (χ1n) is 4.62. The van der Waals surface area contributed by atoms with Crippen LogP contribution in [0.25, 0.3) is 10.9 Å². The van der Waals surface area contributed by atoms with E-state index >= 15 is 0 Å². The Morgan fingerprint density at radius 1 is 1.29 bits per heavy atom.